The Morgan fingerprint density at radius 2 is 2.14 bits per heavy atom. The quantitative estimate of drug-likeness (QED) is 0.832. The number of rotatable bonds is 7. The van der Waals surface area contributed by atoms with Gasteiger partial charge >= 0.3 is 0 Å². The highest BCUT2D eigenvalue weighted by molar-refractivity contribution is 9.10. The van der Waals surface area contributed by atoms with Gasteiger partial charge in [-0.05, 0) is 42.7 Å². The molecule has 1 N–H and O–H groups in total. The second-order valence-electron chi connectivity index (χ2n) is 5.32. The van der Waals surface area contributed by atoms with Crippen LogP contribution in [0.1, 0.15) is 43.3 Å². The number of aromatic nitrogens is 4. The zero-order valence-electron chi connectivity index (χ0n) is 13.2. The first-order valence-electron chi connectivity index (χ1n) is 7.50. The maximum Gasteiger partial charge on any atom is 0.0738 e. The van der Waals surface area contributed by atoms with Crippen molar-refractivity contribution in [3.63, 3.8) is 0 Å². The Balaban J connectivity index is 2.26. The van der Waals surface area contributed by atoms with E-state index in [1.807, 2.05) is 24.9 Å². The Labute approximate surface area is 134 Å². The van der Waals surface area contributed by atoms with Gasteiger partial charge in [0, 0.05) is 37.8 Å². The summed E-state index contributed by atoms with van der Waals surface area (Å²) in [6, 6.07) is 0.261. The summed E-state index contributed by atoms with van der Waals surface area (Å²) in [5.41, 5.74) is 3.51. The van der Waals surface area contributed by atoms with Crippen LogP contribution in [0.4, 0.5) is 0 Å². The van der Waals surface area contributed by atoms with Gasteiger partial charge in [0.05, 0.1) is 22.1 Å². The molecule has 0 aromatic carbocycles. The van der Waals surface area contributed by atoms with Crippen molar-refractivity contribution in [1.82, 2.24) is 24.9 Å². The average molecular weight is 354 g/mol. The zero-order valence-corrected chi connectivity index (χ0v) is 14.8. The lowest BCUT2D eigenvalue weighted by atomic mass is 10.0. The summed E-state index contributed by atoms with van der Waals surface area (Å²) in [7, 11) is 1.96. The Kier molecular flexibility index (Phi) is 5.58. The Morgan fingerprint density at radius 3 is 2.71 bits per heavy atom. The molecule has 0 radical (unpaired) electrons. The van der Waals surface area contributed by atoms with E-state index in [-0.39, 0.29) is 6.04 Å². The minimum absolute atomic E-state index is 0.261. The SMILES string of the molecule is CCCNC(Cc1c(Br)c(C)nn1CC)c1cnn(C)c1. The third kappa shape index (κ3) is 3.74. The van der Waals surface area contributed by atoms with Crippen LogP contribution in [-0.4, -0.2) is 26.1 Å². The van der Waals surface area contributed by atoms with Gasteiger partial charge in [0.2, 0.25) is 0 Å². The fraction of sp³-hybridized carbons (Fsp3) is 0.600. The van der Waals surface area contributed by atoms with E-state index in [1.54, 1.807) is 0 Å². The summed E-state index contributed by atoms with van der Waals surface area (Å²) in [5, 5.41) is 12.5. The smallest absolute Gasteiger partial charge is 0.0738 e. The predicted molar refractivity (Wildman–Crippen MR) is 88.3 cm³/mol. The van der Waals surface area contributed by atoms with Crippen LogP contribution in [0.3, 0.4) is 0 Å². The molecule has 0 spiro atoms. The van der Waals surface area contributed by atoms with Gasteiger partial charge in [-0.2, -0.15) is 10.2 Å². The summed E-state index contributed by atoms with van der Waals surface area (Å²) in [4.78, 5) is 0. The number of nitrogens with zero attached hydrogens (tertiary/aromatic N) is 4. The molecule has 1 unspecified atom stereocenters. The maximum absolute atomic E-state index is 4.58. The van der Waals surface area contributed by atoms with Crippen LogP contribution in [-0.2, 0) is 20.0 Å². The number of nitrogens with one attached hydrogen (secondary N) is 1. The first kappa shape index (κ1) is 16.2. The molecular formula is C15H24BrN5. The van der Waals surface area contributed by atoms with Crippen molar-refractivity contribution >= 4 is 15.9 Å². The van der Waals surface area contributed by atoms with Crippen molar-refractivity contribution in [2.45, 2.75) is 46.2 Å². The summed E-state index contributed by atoms with van der Waals surface area (Å²) in [6.07, 6.45) is 6.05. The molecule has 0 amide bonds. The Bertz CT molecular complexity index is 587. The van der Waals surface area contributed by atoms with Crippen molar-refractivity contribution in [1.29, 1.82) is 0 Å². The standard InChI is InChI=1S/C15H24BrN5/c1-5-7-17-13(12-9-18-20(4)10-12)8-14-15(16)11(3)19-21(14)6-2/h9-10,13,17H,5-8H2,1-4H3. The van der Waals surface area contributed by atoms with Crippen molar-refractivity contribution in [3.05, 3.63) is 33.8 Å². The molecule has 116 valence electrons. The van der Waals surface area contributed by atoms with Gasteiger partial charge < -0.3 is 5.32 Å². The zero-order chi connectivity index (χ0) is 15.4. The molecule has 0 saturated heterocycles. The third-order valence-electron chi connectivity index (χ3n) is 3.62. The molecule has 2 heterocycles. The van der Waals surface area contributed by atoms with Crippen molar-refractivity contribution < 1.29 is 0 Å². The summed E-state index contributed by atoms with van der Waals surface area (Å²) < 4.78 is 5.06. The molecule has 0 saturated carbocycles. The number of halogens is 1. The second kappa shape index (κ2) is 7.22. The number of aryl methyl sites for hydroxylation is 3. The van der Waals surface area contributed by atoms with Crippen molar-refractivity contribution in [3.8, 4) is 0 Å². The van der Waals surface area contributed by atoms with Gasteiger partial charge in [0.15, 0.2) is 0 Å². The number of hydrogen-bond acceptors (Lipinski definition) is 3. The minimum Gasteiger partial charge on any atom is -0.310 e. The lowest BCUT2D eigenvalue weighted by Gasteiger charge is -2.18. The van der Waals surface area contributed by atoms with Crippen molar-refractivity contribution in [2.75, 3.05) is 6.54 Å². The van der Waals surface area contributed by atoms with E-state index in [4.69, 9.17) is 0 Å². The van der Waals surface area contributed by atoms with E-state index in [2.05, 4.69) is 56.2 Å². The van der Waals surface area contributed by atoms with Crippen LogP contribution >= 0.6 is 15.9 Å². The van der Waals surface area contributed by atoms with E-state index in [0.29, 0.717) is 0 Å². The minimum atomic E-state index is 0.261. The van der Waals surface area contributed by atoms with Gasteiger partial charge in [-0.15, -0.1) is 0 Å². The van der Waals surface area contributed by atoms with E-state index in [1.165, 1.54) is 11.3 Å². The monoisotopic (exact) mass is 353 g/mol. The van der Waals surface area contributed by atoms with Crippen LogP contribution in [0.2, 0.25) is 0 Å². The lowest BCUT2D eigenvalue weighted by molar-refractivity contribution is 0.501. The highest BCUT2D eigenvalue weighted by Gasteiger charge is 2.19. The highest BCUT2D eigenvalue weighted by Crippen LogP contribution is 2.26. The molecule has 21 heavy (non-hydrogen) atoms. The first-order valence-corrected chi connectivity index (χ1v) is 8.29. The molecule has 2 rings (SSSR count). The van der Waals surface area contributed by atoms with Crippen LogP contribution in [0.5, 0.6) is 0 Å². The van der Waals surface area contributed by atoms with Gasteiger partial charge in [-0.3, -0.25) is 9.36 Å². The first-order chi connectivity index (χ1) is 10.1. The molecule has 5 nitrogen and oxygen atoms in total. The normalized spacial score (nSPS) is 12.8. The fourth-order valence-electron chi connectivity index (χ4n) is 2.50. The maximum atomic E-state index is 4.58. The van der Waals surface area contributed by atoms with Crippen LogP contribution < -0.4 is 5.32 Å². The largest absolute Gasteiger partial charge is 0.310 e. The molecule has 2 aromatic heterocycles. The Morgan fingerprint density at radius 1 is 1.38 bits per heavy atom. The predicted octanol–water partition coefficient (Wildman–Crippen LogP) is 2.99. The van der Waals surface area contributed by atoms with E-state index >= 15 is 0 Å². The third-order valence-corrected chi connectivity index (χ3v) is 4.65. The molecule has 1 atom stereocenters. The molecule has 0 fully saturated rings. The van der Waals surface area contributed by atoms with Crippen LogP contribution in [0, 0.1) is 6.92 Å². The van der Waals surface area contributed by atoms with Crippen molar-refractivity contribution in [2.24, 2.45) is 7.05 Å². The molecule has 0 aliphatic heterocycles. The summed E-state index contributed by atoms with van der Waals surface area (Å²) in [6.45, 7) is 8.23. The number of hydrogen-bond donors (Lipinski definition) is 1. The van der Waals surface area contributed by atoms with Gasteiger partial charge in [0.25, 0.3) is 0 Å². The van der Waals surface area contributed by atoms with Crippen LogP contribution in [0.25, 0.3) is 0 Å². The fourth-order valence-corrected chi connectivity index (χ4v) is 2.95. The molecule has 6 heteroatoms. The van der Waals surface area contributed by atoms with Gasteiger partial charge in [-0.25, -0.2) is 0 Å². The topological polar surface area (TPSA) is 47.7 Å². The molecule has 0 aliphatic carbocycles. The Hall–Kier alpha value is -1.14. The van der Waals surface area contributed by atoms with Crippen LogP contribution in [0.15, 0.2) is 16.9 Å². The molecular weight excluding hydrogens is 330 g/mol. The second-order valence-corrected chi connectivity index (χ2v) is 6.11. The molecule has 0 aliphatic rings. The van der Waals surface area contributed by atoms with Gasteiger partial charge in [-0.1, -0.05) is 6.92 Å². The molecule has 0 bridgehead atoms. The molecule has 2 aromatic rings. The highest BCUT2D eigenvalue weighted by atomic mass is 79.9. The van der Waals surface area contributed by atoms with E-state index in [0.717, 1.165) is 36.1 Å². The van der Waals surface area contributed by atoms with E-state index < -0.39 is 0 Å². The van der Waals surface area contributed by atoms with Gasteiger partial charge in [0.1, 0.15) is 0 Å². The average Bonchev–Trinajstić information content (AvgIpc) is 3.01. The van der Waals surface area contributed by atoms with E-state index in [9.17, 15) is 0 Å². The lowest BCUT2D eigenvalue weighted by Crippen LogP contribution is -2.25. The summed E-state index contributed by atoms with van der Waals surface area (Å²) in [5.74, 6) is 0. The summed E-state index contributed by atoms with van der Waals surface area (Å²) >= 11 is 3.68.